The van der Waals surface area contributed by atoms with E-state index in [4.69, 9.17) is 8.83 Å². The molecule has 11 rings (SSSR count). The fourth-order valence-corrected chi connectivity index (χ4v) is 9.20. The summed E-state index contributed by atoms with van der Waals surface area (Å²) in [5, 5.41) is 4.35. The smallest absolute Gasteiger partial charge is 0.178 e. The lowest BCUT2D eigenvalue weighted by molar-refractivity contribution is 0.633. The first-order chi connectivity index (χ1) is 24.3. The molecule has 0 saturated heterocycles. The third kappa shape index (κ3) is 3.58. The maximum atomic E-state index is 6.56. The first-order valence-electron chi connectivity index (χ1n) is 17.6. The molecule has 0 N–H and O–H groups in total. The molecule has 2 heteroatoms. The summed E-state index contributed by atoms with van der Waals surface area (Å²) in [6.07, 6.45) is 0. The van der Waals surface area contributed by atoms with Crippen molar-refractivity contribution in [3.05, 3.63) is 156 Å². The summed E-state index contributed by atoms with van der Waals surface area (Å²) in [6.45, 7) is 9.34. The van der Waals surface area contributed by atoms with E-state index >= 15 is 0 Å². The van der Waals surface area contributed by atoms with Gasteiger partial charge in [-0.15, -0.1) is 0 Å². The Morgan fingerprint density at radius 3 is 1.18 bits per heavy atom. The second-order valence-corrected chi connectivity index (χ2v) is 15.3. The van der Waals surface area contributed by atoms with Gasteiger partial charge in [-0.25, -0.2) is 0 Å². The van der Waals surface area contributed by atoms with Crippen LogP contribution in [0.4, 0.5) is 0 Å². The lowest BCUT2D eigenvalue weighted by Crippen LogP contribution is -2.14. The number of hydrogen-bond donors (Lipinski definition) is 0. The summed E-state index contributed by atoms with van der Waals surface area (Å²) in [6, 6.07) is 49.0. The van der Waals surface area contributed by atoms with Crippen LogP contribution in [-0.4, -0.2) is 0 Å². The van der Waals surface area contributed by atoms with Crippen LogP contribution >= 0.6 is 0 Å². The monoisotopic (exact) mass is 642 g/mol. The van der Waals surface area contributed by atoms with Gasteiger partial charge < -0.3 is 8.83 Å². The zero-order valence-electron chi connectivity index (χ0n) is 28.5. The van der Waals surface area contributed by atoms with Crippen LogP contribution in [0.1, 0.15) is 49.9 Å². The van der Waals surface area contributed by atoms with Gasteiger partial charge in [0, 0.05) is 32.4 Å². The SMILES string of the molecule is CC1(C)c2ccccc2-c2ccc(-c3ccc4oc5c(ccc6c7cc(-c8ccc9c(c8)C(C)(C)c8ccccc8-9)ccc7oc65)c4c3)cc21. The highest BCUT2D eigenvalue weighted by atomic mass is 16.4. The third-order valence-corrected chi connectivity index (χ3v) is 11.9. The standard InChI is InChI=1S/C48H34O2/c1-47(2)39-11-7-5-9-31(39)33-17-13-29(25-41(33)47)27-15-21-43-37(23-27)35-19-20-36-38-24-28(16-22-44(38)50-46(36)45(35)49-43)30-14-18-34-32-10-6-8-12-40(32)48(3,4)42(34)26-30/h5-26H,1-4H3. The summed E-state index contributed by atoms with van der Waals surface area (Å²) in [5.41, 5.74) is 19.0. The molecule has 2 aliphatic rings. The molecule has 0 unspecified atom stereocenters. The van der Waals surface area contributed by atoms with Crippen LogP contribution in [0.15, 0.2) is 142 Å². The number of rotatable bonds is 2. The fraction of sp³-hybridized carbons (Fsp3) is 0.125. The molecule has 2 aliphatic carbocycles. The zero-order chi connectivity index (χ0) is 33.5. The van der Waals surface area contributed by atoms with E-state index in [2.05, 4.69) is 161 Å². The Kier molecular flexibility index (Phi) is 5.28. The van der Waals surface area contributed by atoms with Crippen LogP contribution < -0.4 is 0 Å². The largest absolute Gasteiger partial charge is 0.452 e. The number of hydrogen-bond acceptors (Lipinski definition) is 2. The van der Waals surface area contributed by atoms with Crippen LogP contribution in [0.2, 0.25) is 0 Å². The van der Waals surface area contributed by atoms with Crippen molar-refractivity contribution < 1.29 is 8.83 Å². The van der Waals surface area contributed by atoms with Gasteiger partial charge in [0.05, 0.1) is 0 Å². The molecule has 2 heterocycles. The highest BCUT2D eigenvalue weighted by Gasteiger charge is 2.36. The van der Waals surface area contributed by atoms with Crippen molar-refractivity contribution >= 4 is 43.9 Å². The third-order valence-electron chi connectivity index (χ3n) is 11.9. The average molecular weight is 643 g/mol. The quantitative estimate of drug-likeness (QED) is 0.188. The topological polar surface area (TPSA) is 26.3 Å². The Balaban J connectivity index is 1.01. The second-order valence-electron chi connectivity index (χ2n) is 15.3. The van der Waals surface area contributed by atoms with Crippen molar-refractivity contribution in [3.63, 3.8) is 0 Å². The number of fused-ring (bicyclic) bond motifs is 13. The molecule has 0 saturated carbocycles. The van der Waals surface area contributed by atoms with Gasteiger partial charge in [0.1, 0.15) is 11.2 Å². The van der Waals surface area contributed by atoms with Crippen molar-refractivity contribution in [1.29, 1.82) is 0 Å². The Bertz CT molecular complexity index is 2730. The molecule has 0 spiro atoms. The van der Waals surface area contributed by atoms with Crippen molar-refractivity contribution in [3.8, 4) is 44.5 Å². The Labute approximate surface area is 290 Å². The first kappa shape index (κ1) is 28.0. The van der Waals surface area contributed by atoms with Crippen molar-refractivity contribution in [2.24, 2.45) is 0 Å². The van der Waals surface area contributed by atoms with Gasteiger partial charge in [0.15, 0.2) is 11.2 Å². The van der Waals surface area contributed by atoms with Gasteiger partial charge in [0.2, 0.25) is 0 Å². The first-order valence-corrected chi connectivity index (χ1v) is 17.6. The second kappa shape index (κ2) is 9.43. The Morgan fingerprint density at radius 2 is 0.720 bits per heavy atom. The van der Waals surface area contributed by atoms with Crippen LogP contribution in [0.5, 0.6) is 0 Å². The van der Waals surface area contributed by atoms with E-state index in [-0.39, 0.29) is 10.8 Å². The van der Waals surface area contributed by atoms with E-state index in [1.165, 1.54) is 66.8 Å². The Morgan fingerprint density at radius 1 is 0.340 bits per heavy atom. The van der Waals surface area contributed by atoms with Crippen LogP contribution in [0.25, 0.3) is 88.4 Å². The van der Waals surface area contributed by atoms with E-state index in [9.17, 15) is 0 Å². The summed E-state index contributed by atoms with van der Waals surface area (Å²) in [5.74, 6) is 0. The number of benzene rings is 7. The summed E-state index contributed by atoms with van der Waals surface area (Å²) < 4.78 is 13.1. The molecule has 2 aromatic heterocycles. The molecule has 2 nitrogen and oxygen atoms in total. The lowest BCUT2D eigenvalue weighted by atomic mass is 9.81. The molecule has 7 aromatic carbocycles. The fourth-order valence-electron chi connectivity index (χ4n) is 9.20. The molecule has 9 aromatic rings. The molecule has 0 radical (unpaired) electrons. The van der Waals surface area contributed by atoms with Crippen LogP contribution in [0.3, 0.4) is 0 Å². The molecular weight excluding hydrogens is 609 g/mol. The molecular formula is C48H34O2. The zero-order valence-corrected chi connectivity index (χ0v) is 28.5. The average Bonchev–Trinajstić information content (AvgIpc) is 3.84. The summed E-state index contributed by atoms with van der Waals surface area (Å²) >= 11 is 0. The van der Waals surface area contributed by atoms with Gasteiger partial charge in [-0.2, -0.15) is 0 Å². The Hall–Kier alpha value is -5.86. The van der Waals surface area contributed by atoms with Gasteiger partial charge in [-0.05, 0) is 115 Å². The predicted octanol–water partition coefficient (Wildman–Crippen LogP) is 13.4. The highest BCUT2D eigenvalue weighted by Crippen LogP contribution is 2.51. The minimum absolute atomic E-state index is 0.0376. The normalized spacial score (nSPS) is 15.1. The maximum Gasteiger partial charge on any atom is 0.178 e. The molecule has 0 bridgehead atoms. The van der Waals surface area contributed by atoms with Crippen molar-refractivity contribution in [2.45, 2.75) is 38.5 Å². The molecule has 50 heavy (non-hydrogen) atoms. The van der Waals surface area contributed by atoms with Gasteiger partial charge in [0.25, 0.3) is 0 Å². The van der Waals surface area contributed by atoms with Crippen molar-refractivity contribution in [1.82, 2.24) is 0 Å². The van der Waals surface area contributed by atoms with Crippen LogP contribution in [0, 0.1) is 0 Å². The molecule has 0 amide bonds. The van der Waals surface area contributed by atoms with Crippen LogP contribution in [-0.2, 0) is 10.8 Å². The molecule has 238 valence electrons. The van der Waals surface area contributed by atoms with Gasteiger partial charge >= 0.3 is 0 Å². The molecule has 0 fully saturated rings. The highest BCUT2D eigenvalue weighted by molar-refractivity contribution is 6.19. The van der Waals surface area contributed by atoms with E-state index < -0.39 is 0 Å². The van der Waals surface area contributed by atoms with E-state index in [0.717, 1.165) is 43.9 Å². The summed E-state index contributed by atoms with van der Waals surface area (Å²) in [7, 11) is 0. The number of furan rings is 2. The van der Waals surface area contributed by atoms with E-state index in [1.54, 1.807) is 0 Å². The van der Waals surface area contributed by atoms with E-state index in [0.29, 0.717) is 0 Å². The maximum absolute atomic E-state index is 6.56. The molecule has 0 atom stereocenters. The van der Waals surface area contributed by atoms with Gasteiger partial charge in [-0.1, -0.05) is 113 Å². The van der Waals surface area contributed by atoms with E-state index in [1.807, 2.05) is 0 Å². The summed E-state index contributed by atoms with van der Waals surface area (Å²) in [4.78, 5) is 0. The lowest BCUT2D eigenvalue weighted by Gasteiger charge is -2.22. The molecule has 0 aliphatic heterocycles. The minimum atomic E-state index is -0.0376. The predicted molar refractivity (Wildman–Crippen MR) is 207 cm³/mol. The minimum Gasteiger partial charge on any atom is -0.452 e. The van der Waals surface area contributed by atoms with Gasteiger partial charge in [-0.3, -0.25) is 0 Å². The van der Waals surface area contributed by atoms with Crippen molar-refractivity contribution in [2.75, 3.05) is 0 Å².